The minimum atomic E-state index is -2.57. The average molecular weight is 504 g/mol. The van der Waals surface area contributed by atoms with E-state index in [9.17, 15) is 0 Å². The molecular weight excluding hydrogens is 458 g/mol. The lowest BCUT2D eigenvalue weighted by Crippen LogP contribution is -2.45. The summed E-state index contributed by atoms with van der Waals surface area (Å²) in [4.78, 5) is 2.42. The van der Waals surface area contributed by atoms with E-state index >= 15 is 0 Å². The first-order valence-corrected chi connectivity index (χ1v) is 16.3. The third-order valence-electron chi connectivity index (χ3n) is 5.67. The van der Waals surface area contributed by atoms with Gasteiger partial charge in [0.1, 0.15) is 0 Å². The lowest BCUT2D eigenvalue weighted by Gasteiger charge is -2.29. The molecule has 188 valence electrons. The first-order chi connectivity index (χ1) is 14.8. The van der Waals surface area contributed by atoms with Crippen molar-refractivity contribution in [1.29, 1.82) is 0 Å². The molecule has 10 nitrogen and oxygen atoms in total. The summed E-state index contributed by atoms with van der Waals surface area (Å²) in [5.41, 5.74) is 0. The lowest BCUT2D eigenvalue weighted by atomic mass is 10.3. The molecule has 0 amide bonds. The van der Waals surface area contributed by atoms with E-state index in [1.165, 1.54) is 0 Å². The summed E-state index contributed by atoms with van der Waals surface area (Å²) in [6.45, 7) is 2.69. The molecule has 0 fully saturated rings. The van der Waals surface area contributed by atoms with Crippen molar-refractivity contribution in [1.82, 2.24) is 4.90 Å². The monoisotopic (exact) mass is 503 g/mol. The highest BCUT2D eigenvalue weighted by atomic mass is 28.4. The predicted molar refractivity (Wildman–Crippen MR) is 125 cm³/mol. The van der Waals surface area contributed by atoms with Crippen molar-refractivity contribution in [3.05, 3.63) is 0 Å². The van der Waals surface area contributed by atoms with Crippen molar-refractivity contribution in [3.63, 3.8) is 0 Å². The number of nitrogens with zero attached hydrogens (tertiary/aromatic N) is 1. The highest BCUT2D eigenvalue weighted by Gasteiger charge is 2.39. The highest BCUT2D eigenvalue weighted by molar-refractivity contribution is 6.61. The molecule has 0 saturated carbocycles. The zero-order valence-corrected chi connectivity index (χ0v) is 24.0. The lowest BCUT2D eigenvalue weighted by molar-refractivity contribution is 0.118. The van der Waals surface area contributed by atoms with Gasteiger partial charge < -0.3 is 44.7 Å². The smallest absolute Gasteiger partial charge is 0.377 e. The molecule has 0 atom stereocenters. The Morgan fingerprint density at radius 3 is 0.742 bits per heavy atom. The van der Waals surface area contributed by atoms with Crippen LogP contribution in [-0.4, -0.2) is 115 Å². The van der Waals surface area contributed by atoms with Crippen molar-refractivity contribution < 1.29 is 39.8 Å². The second-order valence-electron chi connectivity index (χ2n) is 7.04. The molecule has 0 aromatic heterocycles. The van der Waals surface area contributed by atoms with Crippen molar-refractivity contribution in [3.8, 4) is 0 Å². The zero-order chi connectivity index (χ0) is 23.8. The fraction of sp³-hybridized carbons (Fsp3) is 1.00. The van der Waals surface area contributed by atoms with E-state index in [0.717, 1.165) is 57.0 Å². The van der Waals surface area contributed by atoms with Gasteiger partial charge >= 0.3 is 26.4 Å². The number of hydrogen-bond acceptors (Lipinski definition) is 10. The average Bonchev–Trinajstić information content (AvgIpc) is 2.83. The summed E-state index contributed by atoms with van der Waals surface area (Å²) < 4.78 is 49.9. The third kappa shape index (κ3) is 10.4. The molecule has 0 aliphatic carbocycles. The van der Waals surface area contributed by atoms with Gasteiger partial charge in [0.05, 0.1) is 0 Å². The molecule has 0 N–H and O–H groups in total. The Balaban J connectivity index is 4.91. The molecule has 31 heavy (non-hydrogen) atoms. The summed E-state index contributed by atoms with van der Waals surface area (Å²) in [6.07, 6.45) is 2.72. The molecule has 0 unspecified atom stereocenters. The second-order valence-corrected chi connectivity index (χ2v) is 16.3. The molecule has 0 aromatic rings. The summed E-state index contributed by atoms with van der Waals surface area (Å²) in [5.74, 6) is 0. The van der Waals surface area contributed by atoms with Crippen LogP contribution in [-0.2, 0) is 39.8 Å². The van der Waals surface area contributed by atoms with Gasteiger partial charge in [0.2, 0.25) is 0 Å². The minimum Gasteiger partial charge on any atom is -0.377 e. The van der Waals surface area contributed by atoms with Gasteiger partial charge in [-0.25, -0.2) is 0 Å². The topological polar surface area (TPSA) is 86.3 Å². The van der Waals surface area contributed by atoms with Crippen LogP contribution in [0.1, 0.15) is 19.3 Å². The van der Waals surface area contributed by atoms with Crippen molar-refractivity contribution in [2.24, 2.45) is 0 Å². The molecule has 0 saturated heterocycles. The highest BCUT2D eigenvalue weighted by Crippen LogP contribution is 2.19. The van der Waals surface area contributed by atoms with E-state index in [2.05, 4.69) is 4.90 Å². The van der Waals surface area contributed by atoms with Gasteiger partial charge in [-0.1, -0.05) is 0 Å². The largest absolute Gasteiger partial charge is 0.500 e. The quantitative estimate of drug-likeness (QED) is 0.217. The fourth-order valence-corrected chi connectivity index (χ4v) is 8.67. The summed E-state index contributed by atoms with van der Waals surface area (Å²) >= 11 is 0. The van der Waals surface area contributed by atoms with Crippen LogP contribution in [0.25, 0.3) is 0 Å². The molecular formula is C18H45NO9Si3. The van der Waals surface area contributed by atoms with Gasteiger partial charge in [-0.05, 0) is 38.9 Å². The Labute approximate surface area is 192 Å². The van der Waals surface area contributed by atoms with Gasteiger partial charge in [0.25, 0.3) is 0 Å². The summed E-state index contributed by atoms with van der Waals surface area (Å²) in [7, 11) is 7.08. The van der Waals surface area contributed by atoms with Crippen LogP contribution in [0.5, 0.6) is 0 Å². The normalized spacial score (nSPS) is 13.4. The second kappa shape index (κ2) is 16.8. The maximum atomic E-state index is 5.54. The van der Waals surface area contributed by atoms with Gasteiger partial charge in [0, 0.05) is 82.1 Å². The Hall–Kier alpha value is 0.251. The van der Waals surface area contributed by atoms with Crippen LogP contribution >= 0.6 is 0 Å². The van der Waals surface area contributed by atoms with Crippen LogP contribution in [0.2, 0.25) is 18.1 Å². The Bertz CT molecular complexity index is 353. The molecule has 0 spiro atoms. The zero-order valence-electron chi connectivity index (χ0n) is 21.0. The maximum Gasteiger partial charge on any atom is 0.500 e. The first-order valence-electron chi connectivity index (χ1n) is 10.5. The van der Waals surface area contributed by atoms with Gasteiger partial charge in [0.15, 0.2) is 0 Å². The number of rotatable bonds is 21. The molecule has 0 aliphatic rings. The molecule has 0 heterocycles. The molecule has 0 radical (unpaired) electrons. The fourth-order valence-electron chi connectivity index (χ4n) is 3.56. The SMILES string of the molecule is CO[Si](CCCN(CCC[Si](OC)(OC)OC)CCC[Si](OC)(OC)OC)(OC)OC. The maximum absolute atomic E-state index is 5.54. The van der Waals surface area contributed by atoms with Crippen molar-refractivity contribution in [2.75, 3.05) is 83.6 Å². The summed E-state index contributed by atoms with van der Waals surface area (Å²) in [5, 5.41) is 0. The third-order valence-corrected chi connectivity index (χ3v) is 14.2. The Morgan fingerprint density at radius 1 is 0.387 bits per heavy atom. The van der Waals surface area contributed by atoms with Crippen LogP contribution in [0, 0.1) is 0 Å². The molecule has 0 aliphatic heterocycles. The van der Waals surface area contributed by atoms with Crippen LogP contribution in [0.3, 0.4) is 0 Å². The van der Waals surface area contributed by atoms with Crippen LogP contribution in [0.4, 0.5) is 0 Å². The van der Waals surface area contributed by atoms with E-state index < -0.39 is 26.4 Å². The van der Waals surface area contributed by atoms with E-state index in [0.29, 0.717) is 0 Å². The van der Waals surface area contributed by atoms with Crippen LogP contribution < -0.4 is 0 Å². The van der Waals surface area contributed by atoms with Crippen molar-refractivity contribution in [2.45, 2.75) is 37.4 Å². The number of hydrogen-bond donors (Lipinski definition) is 0. The molecule has 0 bridgehead atoms. The van der Waals surface area contributed by atoms with E-state index in [1.54, 1.807) is 64.0 Å². The van der Waals surface area contributed by atoms with E-state index in [1.807, 2.05) is 0 Å². The Kier molecular flexibility index (Phi) is 16.9. The van der Waals surface area contributed by atoms with Gasteiger partial charge in [-0.15, -0.1) is 0 Å². The minimum absolute atomic E-state index is 0.757. The van der Waals surface area contributed by atoms with Crippen molar-refractivity contribution >= 4 is 26.4 Å². The predicted octanol–water partition coefficient (Wildman–Crippen LogP) is 2.09. The molecule has 0 aromatic carbocycles. The van der Waals surface area contributed by atoms with Crippen LogP contribution in [0.15, 0.2) is 0 Å². The standard InChI is InChI=1S/C18H45NO9Si3/c1-20-29(21-2,22-3)16-10-13-19(14-11-17-30(23-4,24-5)25-6)15-12-18-31(26-7,27-8)28-9/h10-18H2,1-9H3. The Morgan fingerprint density at radius 2 is 0.581 bits per heavy atom. The first kappa shape index (κ1) is 31.3. The van der Waals surface area contributed by atoms with E-state index in [-0.39, 0.29) is 0 Å². The van der Waals surface area contributed by atoms with Gasteiger partial charge in [-0.2, -0.15) is 0 Å². The van der Waals surface area contributed by atoms with Gasteiger partial charge in [-0.3, -0.25) is 0 Å². The van der Waals surface area contributed by atoms with E-state index in [4.69, 9.17) is 39.8 Å². The molecule has 13 heteroatoms. The summed E-state index contributed by atoms with van der Waals surface area (Å²) in [6, 6.07) is 2.27. The molecule has 0 rings (SSSR count).